The maximum absolute atomic E-state index is 12.8. The summed E-state index contributed by atoms with van der Waals surface area (Å²) in [5.74, 6) is 0.553. The highest BCUT2D eigenvalue weighted by Crippen LogP contribution is 2.47. The molecule has 7 heteroatoms. The number of alkyl halides is 3. The van der Waals surface area contributed by atoms with E-state index in [-0.39, 0.29) is 23.5 Å². The number of hydrazone groups is 1. The Balaban J connectivity index is 1.36. The second-order valence-corrected chi connectivity index (χ2v) is 6.87. The van der Waals surface area contributed by atoms with Gasteiger partial charge in [-0.1, -0.05) is 42.5 Å². The van der Waals surface area contributed by atoms with Crippen LogP contribution in [0.2, 0.25) is 0 Å². The Labute approximate surface area is 165 Å². The van der Waals surface area contributed by atoms with Crippen molar-refractivity contribution in [2.24, 2.45) is 11.0 Å². The quantitative estimate of drug-likeness (QED) is 0.473. The molecule has 1 N–H and O–H groups in total. The molecule has 1 amide bonds. The molecule has 0 aliphatic heterocycles. The highest BCUT2D eigenvalue weighted by atomic mass is 19.4. The first-order valence-corrected chi connectivity index (χ1v) is 9.07. The lowest BCUT2D eigenvalue weighted by Gasteiger charge is -2.07. The zero-order chi connectivity index (χ0) is 20.4. The molecule has 2 atom stereocenters. The molecule has 1 heterocycles. The van der Waals surface area contributed by atoms with Gasteiger partial charge in [-0.3, -0.25) is 4.79 Å². The summed E-state index contributed by atoms with van der Waals surface area (Å²) in [7, 11) is 0. The van der Waals surface area contributed by atoms with Gasteiger partial charge in [0.15, 0.2) is 0 Å². The summed E-state index contributed by atoms with van der Waals surface area (Å²) in [6, 6.07) is 17.9. The van der Waals surface area contributed by atoms with Crippen molar-refractivity contribution in [3.8, 4) is 11.3 Å². The topological polar surface area (TPSA) is 54.6 Å². The Hall–Kier alpha value is -3.35. The van der Waals surface area contributed by atoms with Crippen LogP contribution in [0.5, 0.6) is 0 Å². The van der Waals surface area contributed by atoms with Crippen LogP contribution in [0.4, 0.5) is 13.2 Å². The molecule has 0 bridgehead atoms. The summed E-state index contributed by atoms with van der Waals surface area (Å²) >= 11 is 0. The fraction of sp³-hybridized carbons (Fsp3) is 0.182. The average molecular weight is 398 g/mol. The highest BCUT2D eigenvalue weighted by Gasteiger charge is 2.43. The normalized spacial score (nSPS) is 18.7. The molecule has 0 unspecified atom stereocenters. The first-order valence-electron chi connectivity index (χ1n) is 9.07. The summed E-state index contributed by atoms with van der Waals surface area (Å²) in [6.45, 7) is 0. The third kappa shape index (κ3) is 4.39. The van der Waals surface area contributed by atoms with Crippen LogP contribution in [-0.4, -0.2) is 12.1 Å². The van der Waals surface area contributed by atoms with E-state index >= 15 is 0 Å². The van der Waals surface area contributed by atoms with Gasteiger partial charge in [-0.2, -0.15) is 18.3 Å². The molecule has 148 valence electrons. The van der Waals surface area contributed by atoms with Crippen LogP contribution < -0.4 is 5.43 Å². The van der Waals surface area contributed by atoms with Crippen molar-refractivity contribution in [3.05, 3.63) is 83.6 Å². The van der Waals surface area contributed by atoms with Gasteiger partial charge in [-0.15, -0.1) is 0 Å². The first-order chi connectivity index (χ1) is 13.9. The van der Waals surface area contributed by atoms with Crippen molar-refractivity contribution in [1.29, 1.82) is 0 Å². The molecule has 0 radical (unpaired) electrons. The smallest absolute Gasteiger partial charge is 0.416 e. The Morgan fingerprint density at radius 2 is 1.86 bits per heavy atom. The fourth-order valence-electron chi connectivity index (χ4n) is 3.22. The van der Waals surface area contributed by atoms with Crippen LogP contribution in [-0.2, 0) is 11.0 Å². The minimum absolute atomic E-state index is 0.105. The number of benzene rings is 2. The largest absolute Gasteiger partial charge is 0.455 e. The maximum Gasteiger partial charge on any atom is 0.416 e. The van der Waals surface area contributed by atoms with Crippen molar-refractivity contribution in [3.63, 3.8) is 0 Å². The van der Waals surface area contributed by atoms with E-state index in [2.05, 4.69) is 10.5 Å². The number of nitrogens with one attached hydrogen (secondary N) is 1. The van der Waals surface area contributed by atoms with Gasteiger partial charge in [0.05, 0.1) is 11.8 Å². The third-order valence-electron chi connectivity index (χ3n) is 4.82. The number of furan rings is 1. The van der Waals surface area contributed by atoms with E-state index in [0.717, 1.165) is 24.1 Å². The van der Waals surface area contributed by atoms with E-state index in [1.807, 2.05) is 30.3 Å². The molecule has 2 aromatic carbocycles. The van der Waals surface area contributed by atoms with Gasteiger partial charge in [0.2, 0.25) is 5.91 Å². The van der Waals surface area contributed by atoms with E-state index in [0.29, 0.717) is 11.3 Å². The Morgan fingerprint density at radius 3 is 2.62 bits per heavy atom. The predicted octanol–water partition coefficient (Wildman–Crippen LogP) is 5.22. The summed E-state index contributed by atoms with van der Waals surface area (Å²) in [5, 5.41) is 3.90. The van der Waals surface area contributed by atoms with E-state index in [4.69, 9.17) is 4.42 Å². The number of nitrogens with zero attached hydrogens (tertiary/aromatic N) is 1. The first kappa shape index (κ1) is 19.0. The standard InChI is InChI=1S/C22H17F3N2O2/c23-22(24,25)16-8-4-7-15(11-16)20-10-9-17(29-20)13-26-27-21(28)19-12-18(19)14-5-2-1-3-6-14/h1-11,13,18-19H,12H2,(H,27,28)/t18-,19+/m1/s1. The second-order valence-electron chi connectivity index (χ2n) is 6.87. The number of carbonyl (C=O) groups excluding carboxylic acids is 1. The van der Waals surface area contributed by atoms with Crippen LogP contribution in [0.25, 0.3) is 11.3 Å². The third-order valence-corrected chi connectivity index (χ3v) is 4.82. The number of halogens is 3. The zero-order valence-electron chi connectivity index (χ0n) is 15.2. The maximum atomic E-state index is 12.8. The van der Waals surface area contributed by atoms with Crippen LogP contribution in [0.1, 0.15) is 29.2 Å². The summed E-state index contributed by atoms with van der Waals surface area (Å²) < 4.78 is 44.1. The molecule has 4 rings (SSSR count). The predicted molar refractivity (Wildman–Crippen MR) is 102 cm³/mol. The molecule has 0 saturated heterocycles. The lowest BCUT2D eigenvalue weighted by molar-refractivity contribution is -0.137. The van der Waals surface area contributed by atoms with Gasteiger partial charge in [-0.25, -0.2) is 5.43 Å². The Bertz CT molecular complexity index is 1040. The molecular formula is C22H17F3N2O2. The number of hydrogen-bond donors (Lipinski definition) is 1. The highest BCUT2D eigenvalue weighted by molar-refractivity contribution is 5.85. The molecule has 1 aliphatic carbocycles. The van der Waals surface area contributed by atoms with Crippen LogP contribution >= 0.6 is 0 Å². The molecule has 1 saturated carbocycles. The second kappa shape index (κ2) is 7.58. The van der Waals surface area contributed by atoms with Crippen LogP contribution in [0.3, 0.4) is 0 Å². The van der Waals surface area contributed by atoms with Gasteiger partial charge >= 0.3 is 6.18 Å². The van der Waals surface area contributed by atoms with E-state index in [1.54, 1.807) is 12.1 Å². The van der Waals surface area contributed by atoms with Gasteiger partial charge in [0.1, 0.15) is 11.5 Å². The minimum Gasteiger partial charge on any atom is -0.455 e. The lowest BCUT2D eigenvalue weighted by atomic mass is 10.1. The number of amides is 1. The Morgan fingerprint density at radius 1 is 1.07 bits per heavy atom. The lowest BCUT2D eigenvalue weighted by Crippen LogP contribution is -2.20. The van der Waals surface area contributed by atoms with E-state index in [1.165, 1.54) is 18.3 Å². The van der Waals surface area contributed by atoms with Crippen molar-refractivity contribution in [2.75, 3.05) is 0 Å². The molecule has 1 fully saturated rings. The summed E-state index contributed by atoms with van der Waals surface area (Å²) in [4.78, 5) is 12.2. The monoisotopic (exact) mass is 398 g/mol. The fourth-order valence-corrected chi connectivity index (χ4v) is 3.22. The van der Waals surface area contributed by atoms with Crippen molar-refractivity contribution in [2.45, 2.75) is 18.5 Å². The number of carbonyl (C=O) groups is 1. The zero-order valence-corrected chi connectivity index (χ0v) is 15.2. The number of rotatable bonds is 5. The van der Waals surface area contributed by atoms with Gasteiger partial charge < -0.3 is 4.42 Å². The molecule has 29 heavy (non-hydrogen) atoms. The molecule has 4 nitrogen and oxygen atoms in total. The van der Waals surface area contributed by atoms with E-state index < -0.39 is 11.7 Å². The number of hydrogen-bond acceptors (Lipinski definition) is 3. The van der Waals surface area contributed by atoms with Gasteiger partial charge in [-0.05, 0) is 42.2 Å². The van der Waals surface area contributed by atoms with Crippen LogP contribution in [0, 0.1) is 5.92 Å². The average Bonchev–Trinajstić information content (AvgIpc) is 3.39. The summed E-state index contributed by atoms with van der Waals surface area (Å²) in [6.07, 6.45) is -2.31. The van der Waals surface area contributed by atoms with Crippen molar-refractivity contribution < 1.29 is 22.4 Å². The van der Waals surface area contributed by atoms with E-state index in [9.17, 15) is 18.0 Å². The Kier molecular flexibility index (Phi) is 4.96. The molecule has 1 aliphatic rings. The molecular weight excluding hydrogens is 381 g/mol. The van der Waals surface area contributed by atoms with Crippen molar-refractivity contribution in [1.82, 2.24) is 5.43 Å². The van der Waals surface area contributed by atoms with Gasteiger partial charge in [0, 0.05) is 11.5 Å². The summed E-state index contributed by atoms with van der Waals surface area (Å²) in [5.41, 5.74) is 3.19. The molecule has 0 spiro atoms. The minimum atomic E-state index is -4.42. The SMILES string of the molecule is O=C(NN=Cc1ccc(-c2cccc(C(F)(F)F)c2)o1)[C@H]1C[C@@H]1c1ccccc1. The molecule has 1 aromatic heterocycles. The van der Waals surface area contributed by atoms with Crippen molar-refractivity contribution >= 4 is 12.1 Å². The van der Waals surface area contributed by atoms with Crippen LogP contribution in [0.15, 0.2) is 76.2 Å². The van der Waals surface area contributed by atoms with Gasteiger partial charge in [0.25, 0.3) is 0 Å². The molecule has 3 aromatic rings.